The van der Waals surface area contributed by atoms with Crippen molar-refractivity contribution in [3.05, 3.63) is 65.7 Å². The summed E-state index contributed by atoms with van der Waals surface area (Å²) in [6.07, 6.45) is 0.710. The van der Waals surface area contributed by atoms with Crippen LogP contribution >= 0.6 is 12.2 Å². The maximum Gasteiger partial charge on any atom is 0.337 e. The first kappa shape index (κ1) is 22.4. The molecule has 1 N–H and O–H groups in total. The number of carbonyl (C=O) groups is 3. The summed E-state index contributed by atoms with van der Waals surface area (Å²) in [5.74, 6) is -0.900. The molecule has 2 aromatic carbocycles. The second-order valence-electron chi connectivity index (χ2n) is 7.13. The molecule has 1 heterocycles. The number of nitrogens with zero attached hydrogens (tertiary/aromatic N) is 2. The molecule has 0 bridgehead atoms. The van der Waals surface area contributed by atoms with Crippen molar-refractivity contribution in [1.82, 2.24) is 9.80 Å². The number of hydrogen-bond acceptors (Lipinski definition) is 5. The third kappa shape index (κ3) is 5.27. The number of carbonyl (C=O) groups excluding carboxylic acids is 3. The van der Waals surface area contributed by atoms with Crippen LogP contribution in [0, 0.1) is 0 Å². The van der Waals surface area contributed by atoms with E-state index in [0.29, 0.717) is 29.5 Å². The van der Waals surface area contributed by atoms with Gasteiger partial charge < -0.3 is 15.0 Å². The molecule has 0 spiro atoms. The maximum atomic E-state index is 12.9. The lowest BCUT2D eigenvalue weighted by Gasteiger charge is -2.23. The first-order valence-electron chi connectivity index (χ1n) is 10.1. The van der Waals surface area contributed by atoms with Crippen molar-refractivity contribution in [2.24, 2.45) is 0 Å². The largest absolute Gasteiger partial charge is 0.465 e. The monoisotopic (exact) mass is 439 g/mol. The smallest absolute Gasteiger partial charge is 0.337 e. The summed E-state index contributed by atoms with van der Waals surface area (Å²) in [6.45, 7) is 2.88. The zero-order valence-corrected chi connectivity index (χ0v) is 18.4. The number of hydrogen-bond donors (Lipinski definition) is 1. The number of methoxy groups -OCH3 is 1. The molecule has 8 heteroatoms. The molecule has 0 saturated carbocycles. The van der Waals surface area contributed by atoms with Crippen molar-refractivity contribution in [3.63, 3.8) is 0 Å². The van der Waals surface area contributed by atoms with Gasteiger partial charge in [0.05, 0.1) is 19.1 Å². The van der Waals surface area contributed by atoms with Crippen LogP contribution in [0.1, 0.15) is 29.3 Å². The van der Waals surface area contributed by atoms with E-state index in [1.54, 1.807) is 29.2 Å². The lowest BCUT2D eigenvalue weighted by Crippen LogP contribution is -2.39. The van der Waals surface area contributed by atoms with Gasteiger partial charge in [-0.05, 0) is 55.4 Å². The van der Waals surface area contributed by atoms with Crippen molar-refractivity contribution < 1.29 is 19.1 Å². The molecular weight excluding hydrogens is 414 g/mol. The molecule has 162 valence electrons. The van der Waals surface area contributed by atoms with Crippen molar-refractivity contribution in [3.8, 4) is 0 Å². The normalized spacial score (nSPS) is 15.9. The maximum absolute atomic E-state index is 12.9. The van der Waals surface area contributed by atoms with Crippen LogP contribution in [0.2, 0.25) is 0 Å². The van der Waals surface area contributed by atoms with Gasteiger partial charge >= 0.3 is 5.97 Å². The molecule has 7 nitrogen and oxygen atoms in total. The van der Waals surface area contributed by atoms with Gasteiger partial charge in [-0.25, -0.2) is 4.79 Å². The molecule has 0 aromatic heterocycles. The van der Waals surface area contributed by atoms with Gasteiger partial charge in [0.1, 0.15) is 6.04 Å². The fourth-order valence-electron chi connectivity index (χ4n) is 3.53. The van der Waals surface area contributed by atoms with E-state index in [1.807, 2.05) is 42.2 Å². The second-order valence-corrected chi connectivity index (χ2v) is 7.50. The van der Waals surface area contributed by atoms with E-state index in [-0.39, 0.29) is 18.2 Å². The van der Waals surface area contributed by atoms with E-state index >= 15 is 0 Å². The highest BCUT2D eigenvalue weighted by molar-refractivity contribution is 7.80. The highest BCUT2D eigenvalue weighted by atomic mass is 32.1. The van der Waals surface area contributed by atoms with Crippen LogP contribution in [0.3, 0.4) is 0 Å². The number of rotatable bonds is 8. The molecule has 1 saturated heterocycles. The van der Waals surface area contributed by atoms with Crippen molar-refractivity contribution in [2.45, 2.75) is 25.8 Å². The average molecular weight is 440 g/mol. The van der Waals surface area contributed by atoms with Crippen LogP contribution in [-0.2, 0) is 20.7 Å². The Balaban J connectivity index is 1.67. The molecule has 2 aromatic rings. The minimum absolute atomic E-state index is 0.0109. The Morgan fingerprint density at radius 2 is 1.77 bits per heavy atom. The van der Waals surface area contributed by atoms with Crippen LogP contribution in [0.4, 0.5) is 5.69 Å². The molecule has 31 heavy (non-hydrogen) atoms. The summed E-state index contributed by atoms with van der Waals surface area (Å²) in [7, 11) is 1.31. The lowest BCUT2D eigenvalue weighted by atomic mass is 10.1. The number of benzene rings is 2. The predicted molar refractivity (Wildman–Crippen MR) is 122 cm³/mol. The van der Waals surface area contributed by atoms with Gasteiger partial charge in [0, 0.05) is 18.8 Å². The van der Waals surface area contributed by atoms with E-state index in [9.17, 15) is 14.4 Å². The van der Waals surface area contributed by atoms with Crippen LogP contribution < -0.4 is 5.32 Å². The fourth-order valence-corrected chi connectivity index (χ4v) is 3.96. The standard InChI is InChI=1S/C23H25N3O4S/c1-3-25-21(28)19(26(23(25)31)14-13-16-7-5-4-6-8-16)15-20(27)24-18-11-9-17(10-12-18)22(29)30-2/h4-12,19H,3,13-15H2,1-2H3,(H,24,27)/t19-/m1/s1. The summed E-state index contributed by atoms with van der Waals surface area (Å²) in [5, 5.41) is 3.25. The average Bonchev–Trinajstić information content (AvgIpc) is 3.01. The zero-order valence-electron chi connectivity index (χ0n) is 17.5. The Bertz CT molecular complexity index is 963. The summed E-state index contributed by atoms with van der Waals surface area (Å²) >= 11 is 5.52. The fraction of sp³-hybridized carbons (Fsp3) is 0.304. The zero-order chi connectivity index (χ0) is 22.4. The quantitative estimate of drug-likeness (QED) is 0.503. The summed E-state index contributed by atoms with van der Waals surface area (Å²) in [4.78, 5) is 40.5. The molecule has 1 atom stereocenters. The molecule has 1 fully saturated rings. The summed E-state index contributed by atoms with van der Waals surface area (Å²) in [5.41, 5.74) is 2.07. The van der Waals surface area contributed by atoms with Gasteiger partial charge in [-0.15, -0.1) is 0 Å². The van der Waals surface area contributed by atoms with Crippen LogP contribution in [0.25, 0.3) is 0 Å². The molecule has 2 amide bonds. The Hall–Kier alpha value is -3.26. The Morgan fingerprint density at radius 1 is 1.10 bits per heavy atom. The van der Waals surface area contributed by atoms with E-state index in [4.69, 9.17) is 12.2 Å². The molecule has 0 radical (unpaired) electrons. The number of nitrogens with one attached hydrogen (secondary N) is 1. The van der Waals surface area contributed by atoms with Crippen LogP contribution in [0.5, 0.6) is 0 Å². The number of esters is 1. The van der Waals surface area contributed by atoms with E-state index in [2.05, 4.69) is 10.1 Å². The third-order valence-corrected chi connectivity index (χ3v) is 5.63. The van der Waals surface area contributed by atoms with Crippen molar-refractivity contribution >= 4 is 40.8 Å². The lowest BCUT2D eigenvalue weighted by molar-refractivity contribution is -0.130. The van der Waals surface area contributed by atoms with Crippen LogP contribution in [-0.4, -0.2) is 58.9 Å². The summed E-state index contributed by atoms with van der Waals surface area (Å²) in [6, 6.07) is 15.7. The van der Waals surface area contributed by atoms with Gasteiger partial charge in [-0.2, -0.15) is 0 Å². The molecular formula is C23H25N3O4S. The Kier molecular flexibility index (Phi) is 7.36. The molecule has 1 aliphatic rings. The molecule has 1 aliphatic heterocycles. The Labute approximate surface area is 187 Å². The highest BCUT2D eigenvalue weighted by Gasteiger charge is 2.42. The number of likely N-dealkylation sites (N-methyl/N-ethyl adjacent to an activating group) is 1. The minimum Gasteiger partial charge on any atom is -0.465 e. The topological polar surface area (TPSA) is 79.0 Å². The van der Waals surface area contributed by atoms with Gasteiger partial charge in [0.15, 0.2) is 5.11 Å². The van der Waals surface area contributed by atoms with Gasteiger partial charge in [-0.3, -0.25) is 14.5 Å². The molecule has 0 unspecified atom stereocenters. The number of thiocarbonyl (C=S) groups is 1. The van der Waals surface area contributed by atoms with E-state index in [0.717, 1.165) is 12.0 Å². The molecule has 3 rings (SSSR count). The number of anilines is 1. The first-order valence-corrected chi connectivity index (χ1v) is 10.5. The minimum atomic E-state index is -0.634. The molecule has 0 aliphatic carbocycles. The van der Waals surface area contributed by atoms with Crippen molar-refractivity contribution in [2.75, 3.05) is 25.5 Å². The van der Waals surface area contributed by atoms with Gasteiger partial charge in [-0.1, -0.05) is 30.3 Å². The predicted octanol–water partition coefficient (Wildman–Crippen LogP) is 2.86. The highest BCUT2D eigenvalue weighted by Crippen LogP contribution is 2.22. The summed E-state index contributed by atoms with van der Waals surface area (Å²) < 4.78 is 4.67. The second kappa shape index (κ2) is 10.2. The SMILES string of the molecule is CCN1C(=O)[C@@H](CC(=O)Nc2ccc(C(=O)OC)cc2)N(CCc2ccccc2)C1=S. The van der Waals surface area contributed by atoms with Gasteiger partial charge in [0.25, 0.3) is 5.91 Å². The number of amides is 2. The Morgan fingerprint density at radius 3 is 2.39 bits per heavy atom. The van der Waals surface area contributed by atoms with Crippen LogP contribution in [0.15, 0.2) is 54.6 Å². The first-order chi connectivity index (χ1) is 14.9. The van der Waals surface area contributed by atoms with Gasteiger partial charge in [0.2, 0.25) is 5.91 Å². The number of ether oxygens (including phenoxy) is 1. The van der Waals surface area contributed by atoms with E-state index < -0.39 is 12.0 Å². The van der Waals surface area contributed by atoms with Crippen molar-refractivity contribution in [1.29, 1.82) is 0 Å². The van der Waals surface area contributed by atoms with E-state index in [1.165, 1.54) is 7.11 Å². The third-order valence-electron chi connectivity index (χ3n) is 5.17.